The van der Waals surface area contributed by atoms with Crippen LogP contribution < -0.4 is 20.1 Å². The van der Waals surface area contributed by atoms with Gasteiger partial charge in [0.15, 0.2) is 11.5 Å². The molecule has 0 aliphatic heterocycles. The van der Waals surface area contributed by atoms with Crippen molar-refractivity contribution in [1.29, 1.82) is 0 Å². The van der Waals surface area contributed by atoms with Crippen molar-refractivity contribution in [1.82, 2.24) is 5.32 Å². The van der Waals surface area contributed by atoms with Crippen LogP contribution >= 0.6 is 22.6 Å². The fourth-order valence-electron chi connectivity index (χ4n) is 2.49. The van der Waals surface area contributed by atoms with Gasteiger partial charge >= 0.3 is 0 Å². The number of hydrogen-bond donors (Lipinski definition) is 2. The number of ether oxygens (including phenoxy) is 2. The van der Waals surface area contributed by atoms with Gasteiger partial charge in [-0.2, -0.15) is 0 Å². The van der Waals surface area contributed by atoms with E-state index in [0.29, 0.717) is 29.2 Å². The Hall–Kier alpha value is -2.29. The molecule has 0 radical (unpaired) electrons. The van der Waals surface area contributed by atoms with E-state index in [9.17, 15) is 9.59 Å². The van der Waals surface area contributed by atoms with Crippen molar-refractivity contribution in [3.63, 3.8) is 0 Å². The normalized spacial score (nSPS) is 10.4. The lowest BCUT2D eigenvalue weighted by molar-refractivity contribution is -0.120. The largest absolute Gasteiger partial charge is 0.493 e. The van der Waals surface area contributed by atoms with E-state index < -0.39 is 0 Å². The van der Waals surface area contributed by atoms with Crippen molar-refractivity contribution in [2.24, 2.45) is 0 Å². The molecule has 6 nitrogen and oxygen atoms in total. The summed E-state index contributed by atoms with van der Waals surface area (Å²) in [7, 11) is 3.08. The molecule has 0 bridgehead atoms. The van der Waals surface area contributed by atoms with Gasteiger partial charge < -0.3 is 20.1 Å². The third kappa shape index (κ3) is 5.85. The smallest absolute Gasteiger partial charge is 0.256 e. The van der Waals surface area contributed by atoms with Crippen LogP contribution in [0.25, 0.3) is 0 Å². The molecule has 0 spiro atoms. The minimum absolute atomic E-state index is 0.0262. The summed E-state index contributed by atoms with van der Waals surface area (Å²) in [6.45, 7) is 3.85. The zero-order valence-corrected chi connectivity index (χ0v) is 17.9. The maximum Gasteiger partial charge on any atom is 0.256 e. The first-order chi connectivity index (χ1) is 12.8. The standard InChI is InChI=1S/C20H23IN2O4/c1-12(2)22-19(24)9-13-5-7-14(8-6-13)23-20(25)15-10-17(26-3)18(27-4)11-16(15)21/h5-8,10-12H,9H2,1-4H3,(H,22,24)(H,23,25). The summed E-state index contributed by atoms with van der Waals surface area (Å²) in [6.07, 6.45) is 0.306. The highest BCUT2D eigenvalue weighted by Gasteiger charge is 2.16. The summed E-state index contributed by atoms with van der Waals surface area (Å²) in [5, 5.41) is 5.71. The summed E-state index contributed by atoms with van der Waals surface area (Å²) in [6, 6.07) is 10.7. The fraction of sp³-hybridized carbons (Fsp3) is 0.300. The molecule has 2 aromatic carbocycles. The lowest BCUT2D eigenvalue weighted by Crippen LogP contribution is -2.31. The SMILES string of the molecule is COc1cc(I)c(C(=O)Nc2ccc(CC(=O)NC(C)C)cc2)cc1OC. The fourth-order valence-corrected chi connectivity index (χ4v) is 3.17. The van der Waals surface area contributed by atoms with E-state index in [4.69, 9.17) is 9.47 Å². The number of methoxy groups -OCH3 is 2. The topological polar surface area (TPSA) is 76.7 Å². The van der Waals surface area contributed by atoms with Crippen molar-refractivity contribution >= 4 is 40.1 Å². The van der Waals surface area contributed by atoms with Crippen molar-refractivity contribution in [3.05, 3.63) is 51.1 Å². The monoisotopic (exact) mass is 482 g/mol. The van der Waals surface area contributed by atoms with E-state index in [0.717, 1.165) is 9.13 Å². The van der Waals surface area contributed by atoms with Crippen LogP contribution in [0.5, 0.6) is 11.5 Å². The lowest BCUT2D eigenvalue weighted by atomic mass is 10.1. The minimum atomic E-state index is -0.245. The summed E-state index contributed by atoms with van der Waals surface area (Å²) in [4.78, 5) is 24.4. The second-order valence-electron chi connectivity index (χ2n) is 6.24. The average Bonchev–Trinajstić information content (AvgIpc) is 2.62. The number of carbonyl (C=O) groups is 2. The van der Waals surface area contributed by atoms with E-state index >= 15 is 0 Å². The van der Waals surface area contributed by atoms with Gasteiger partial charge in [0.1, 0.15) is 0 Å². The molecule has 0 fully saturated rings. The quantitative estimate of drug-likeness (QED) is 0.592. The van der Waals surface area contributed by atoms with Crippen LogP contribution in [0.15, 0.2) is 36.4 Å². The first-order valence-corrected chi connectivity index (χ1v) is 9.53. The molecule has 0 aliphatic carbocycles. The van der Waals surface area contributed by atoms with Crippen LogP contribution in [-0.2, 0) is 11.2 Å². The number of amides is 2. The number of benzene rings is 2. The third-order valence-corrected chi connectivity index (χ3v) is 4.64. The van der Waals surface area contributed by atoms with E-state index in [-0.39, 0.29) is 17.9 Å². The first kappa shape index (κ1) is 21.0. The molecule has 0 unspecified atom stereocenters. The van der Waals surface area contributed by atoms with E-state index in [1.807, 2.05) is 26.0 Å². The molecule has 27 heavy (non-hydrogen) atoms. The Morgan fingerprint density at radius 3 is 2.19 bits per heavy atom. The molecular weight excluding hydrogens is 459 g/mol. The van der Waals surface area contributed by atoms with Crippen molar-refractivity contribution in [2.75, 3.05) is 19.5 Å². The lowest BCUT2D eigenvalue weighted by Gasteiger charge is -2.12. The van der Waals surface area contributed by atoms with Gasteiger partial charge in [0.2, 0.25) is 5.91 Å². The molecule has 2 amide bonds. The van der Waals surface area contributed by atoms with Crippen molar-refractivity contribution in [3.8, 4) is 11.5 Å². The Kier molecular flexibility index (Phi) is 7.46. The van der Waals surface area contributed by atoms with Crippen LogP contribution in [-0.4, -0.2) is 32.1 Å². The predicted octanol–water partition coefficient (Wildman–Crippen LogP) is 3.63. The first-order valence-electron chi connectivity index (χ1n) is 8.45. The Morgan fingerprint density at radius 2 is 1.63 bits per heavy atom. The average molecular weight is 482 g/mol. The van der Waals surface area contributed by atoms with Gasteiger partial charge in [-0.25, -0.2) is 0 Å². The number of anilines is 1. The maximum absolute atomic E-state index is 12.6. The highest BCUT2D eigenvalue weighted by molar-refractivity contribution is 14.1. The molecule has 0 heterocycles. The number of hydrogen-bond acceptors (Lipinski definition) is 4. The summed E-state index contributed by atoms with van der Waals surface area (Å²) >= 11 is 2.09. The van der Waals surface area contributed by atoms with Crippen LogP contribution in [0.4, 0.5) is 5.69 Å². The van der Waals surface area contributed by atoms with Gasteiger partial charge in [-0.3, -0.25) is 9.59 Å². The zero-order valence-electron chi connectivity index (χ0n) is 15.8. The van der Waals surface area contributed by atoms with Gasteiger partial charge in [0, 0.05) is 15.3 Å². The molecule has 0 aliphatic rings. The van der Waals surface area contributed by atoms with Crippen molar-refractivity contribution in [2.45, 2.75) is 26.3 Å². The molecule has 2 aromatic rings. The minimum Gasteiger partial charge on any atom is -0.493 e. The Morgan fingerprint density at radius 1 is 1.04 bits per heavy atom. The van der Waals surface area contributed by atoms with Gasteiger partial charge in [0.05, 0.1) is 26.2 Å². The second-order valence-corrected chi connectivity index (χ2v) is 7.40. The van der Waals surface area contributed by atoms with Gasteiger partial charge in [-0.1, -0.05) is 12.1 Å². The molecule has 0 saturated carbocycles. The third-order valence-electron chi connectivity index (χ3n) is 3.74. The van der Waals surface area contributed by atoms with Gasteiger partial charge in [-0.05, 0) is 66.3 Å². The molecule has 144 valence electrons. The highest BCUT2D eigenvalue weighted by atomic mass is 127. The summed E-state index contributed by atoms with van der Waals surface area (Å²) < 4.78 is 11.3. The molecule has 2 rings (SSSR count). The Bertz CT molecular complexity index is 819. The number of carbonyl (C=O) groups excluding carboxylic acids is 2. The number of rotatable bonds is 7. The second kappa shape index (κ2) is 9.59. The summed E-state index contributed by atoms with van der Waals surface area (Å²) in [5.41, 5.74) is 2.03. The van der Waals surface area contributed by atoms with E-state index in [1.54, 1.807) is 31.4 Å². The summed E-state index contributed by atoms with van der Waals surface area (Å²) in [5.74, 6) is 0.796. The molecule has 7 heteroatoms. The van der Waals surface area contributed by atoms with E-state index in [2.05, 4.69) is 33.2 Å². The van der Waals surface area contributed by atoms with Gasteiger partial charge in [0.25, 0.3) is 5.91 Å². The number of nitrogens with one attached hydrogen (secondary N) is 2. The Balaban J connectivity index is 2.09. The Labute approximate surface area is 172 Å². The molecular formula is C20H23IN2O4. The maximum atomic E-state index is 12.6. The molecule has 2 N–H and O–H groups in total. The zero-order chi connectivity index (χ0) is 20.0. The predicted molar refractivity (Wildman–Crippen MR) is 114 cm³/mol. The van der Waals surface area contributed by atoms with Crippen LogP contribution in [0, 0.1) is 3.57 Å². The van der Waals surface area contributed by atoms with E-state index in [1.165, 1.54) is 7.11 Å². The molecule has 0 atom stereocenters. The van der Waals surface area contributed by atoms with Crippen LogP contribution in [0.1, 0.15) is 29.8 Å². The van der Waals surface area contributed by atoms with Crippen molar-refractivity contribution < 1.29 is 19.1 Å². The van der Waals surface area contributed by atoms with Crippen LogP contribution in [0.2, 0.25) is 0 Å². The molecule has 0 aromatic heterocycles. The number of halogens is 1. The highest BCUT2D eigenvalue weighted by Crippen LogP contribution is 2.31. The van der Waals surface area contributed by atoms with Gasteiger partial charge in [-0.15, -0.1) is 0 Å². The molecule has 0 saturated heterocycles. The van der Waals surface area contributed by atoms with Crippen LogP contribution in [0.3, 0.4) is 0 Å².